The summed E-state index contributed by atoms with van der Waals surface area (Å²) in [5, 5.41) is 9.47. The third-order valence-corrected chi connectivity index (χ3v) is 7.02. The van der Waals surface area contributed by atoms with Crippen LogP contribution in [0, 0.1) is 23.4 Å². The number of alkyl halides is 3. The van der Waals surface area contributed by atoms with Gasteiger partial charge >= 0.3 is 12.1 Å². The van der Waals surface area contributed by atoms with Crippen molar-refractivity contribution in [3.63, 3.8) is 0 Å². The zero-order valence-electron chi connectivity index (χ0n) is 24.7. The number of rotatable bonds is 11. The van der Waals surface area contributed by atoms with Crippen molar-refractivity contribution in [3.8, 4) is 11.5 Å². The number of benzene rings is 2. The molecule has 1 aliphatic rings. The van der Waals surface area contributed by atoms with Crippen LogP contribution in [0.2, 0.25) is 0 Å². The Bertz CT molecular complexity index is 1340. The lowest BCUT2D eigenvalue weighted by Crippen LogP contribution is -2.40. The lowest BCUT2D eigenvalue weighted by atomic mass is 9.83. The summed E-state index contributed by atoms with van der Waals surface area (Å²) in [7, 11) is 2.65. The molecule has 0 spiro atoms. The molecule has 2 aromatic carbocycles. The number of nitrogens with zero attached hydrogens (tertiary/aromatic N) is 1. The SMILES string of the molecule is COc1cc(F)c(CC(=O)NC(N)=N[C@H](CC2CCCCC2)C(=O)CCc2ccc(F)c(OC)c2)c(F)c1.O=C(O)C(F)(F)F. The maximum atomic E-state index is 14.2. The first kappa shape index (κ1) is 36.9. The van der Waals surface area contributed by atoms with E-state index in [1.807, 2.05) is 0 Å². The smallest absolute Gasteiger partial charge is 0.490 e. The Morgan fingerprint density at radius 1 is 1.00 bits per heavy atom. The number of halogens is 6. The number of aryl methyl sites for hydroxylation is 1. The zero-order chi connectivity index (χ0) is 33.7. The van der Waals surface area contributed by atoms with Gasteiger partial charge in [-0.3, -0.25) is 14.9 Å². The quantitative estimate of drug-likeness (QED) is 0.172. The highest BCUT2D eigenvalue weighted by molar-refractivity contribution is 5.98. The van der Waals surface area contributed by atoms with Crippen LogP contribution in [0.15, 0.2) is 35.3 Å². The average Bonchev–Trinajstić information content (AvgIpc) is 2.98. The molecule has 1 saturated carbocycles. The normalized spacial score (nSPS) is 14.5. The Kier molecular flexibility index (Phi) is 14.1. The Balaban J connectivity index is 0.000000900. The van der Waals surface area contributed by atoms with Crippen LogP contribution in [0.25, 0.3) is 0 Å². The molecule has 1 atom stereocenters. The number of aliphatic carboxylic acids is 1. The monoisotopic (exact) mass is 647 g/mol. The van der Waals surface area contributed by atoms with Gasteiger partial charge in [0.15, 0.2) is 23.3 Å². The highest BCUT2D eigenvalue weighted by Gasteiger charge is 2.38. The number of nitrogens with two attached hydrogens (primary N) is 1. The van der Waals surface area contributed by atoms with Crippen molar-refractivity contribution >= 4 is 23.6 Å². The topological polar surface area (TPSA) is 140 Å². The van der Waals surface area contributed by atoms with E-state index in [9.17, 15) is 35.9 Å². The number of methoxy groups -OCH3 is 2. The Labute approximate surface area is 255 Å². The molecule has 2 aromatic rings. The van der Waals surface area contributed by atoms with Crippen LogP contribution in [0.3, 0.4) is 0 Å². The molecule has 0 aliphatic heterocycles. The standard InChI is InChI=1S/C28H34F3N3O4.C2HF3O2/c1-37-19-14-22(30)20(23(31)15-19)16-27(36)34-28(32)33-24(12-17-6-4-3-5-7-17)25(35)11-9-18-8-10-21(29)26(13-18)38-2;3-2(4,5)1(6)7/h8,10,13-15,17,24H,3-7,9,11-12,16H2,1-2H3,(H3,32,33,34,36);(H,6,7)/t24-;/m1./s1. The van der Waals surface area contributed by atoms with Crippen molar-refractivity contribution < 1.29 is 55.3 Å². The molecule has 248 valence electrons. The Morgan fingerprint density at radius 2 is 1.60 bits per heavy atom. The number of aliphatic imine (C=N–C) groups is 1. The molecule has 9 nitrogen and oxygen atoms in total. The number of carboxylic acid groups (broad SMARTS) is 1. The maximum Gasteiger partial charge on any atom is 0.490 e. The molecule has 0 saturated heterocycles. The lowest BCUT2D eigenvalue weighted by molar-refractivity contribution is -0.192. The Hall–Kier alpha value is -4.30. The second-order valence-corrected chi connectivity index (χ2v) is 10.3. The number of ether oxygens (including phenoxy) is 2. The van der Waals surface area contributed by atoms with Crippen molar-refractivity contribution in [2.75, 3.05) is 14.2 Å². The first-order valence-electron chi connectivity index (χ1n) is 13.9. The van der Waals surface area contributed by atoms with E-state index in [0.29, 0.717) is 18.8 Å². The van der Waals surface area contributed by atoms with Gasteiger partial charge in [-0.2, -0.15) is 13.2 Å². The fraction of sp³-hybridized carbons (Fsp3) is 0.467. The van der Waals surface area contributed by atoms with Crippen LogP contribution >= 0.6 is 0 Å². The van der Waals surface area contributed by atoms with E-state index in [1.165, 1.54) is 20.3 Å². The number of guanidine groups is 1. The predicted octanol–water partition coefficient (Wildman–Crippen LogP) is 5.27. The summed E-state index contributed by atoms with van der Waals surface area (Å²) >= 11 is 0. The maximum absolute atomic E-state index is 14.2. The molecule has 0 aromatic heterocycles. The summed E-state index contributed by atoms with van der Waals surface area (Å²) in [5.41, 5.74) is 6.26. The van der Waals surface area contributed by atoms with E-state index in [0.717, 1.165) is 49.8 Å². The van der Waals surface area contributed by atoms with Gasteiger partial charge in [0, 0.05) is 24.1 Å². The van der Waals surface area contributed by atoms with Gasteiger partial charge in [-0.15, -0.1) is 0 Å². The third kappa shape index (κ3) is 12.3. The van der Waals surface area contributed by atoms with Gasteiger partial charge in [0.25, 0.3) is 0 Å². The van der Waals surface area contributed by atoms with Gasteiger partial charge in [0.1, 0.15) is 23.4 Å². The van der Waals surface area contributed by atoms with Crippen LogP contribution in [0.5, 0.6) is 11.5 Å². The van der Waals surface area contributed by atoms with Crippen molar-refractivity contribution in [1.29, 1.82) is 0 Å². The summed E-state index contributed by atoms with van der Waals surface area (Å²) in [4.78, 5) is 38.8. The molecule has 4 N–H and O–H groups in total. The molecular weight excluding hydrogens is 612 g/mol. The average molecular weight is 648 g/mol. The van der Waals surface area contributed by atoms with Crippen LogP contribution in [-0.4, -0.2) is 55.2 Å². The molecule has 0 unspecified atom stereocenters. The van der Waals surface area contributed by atoms with Gasteiger partial charge < -0.3 is 20.3 Å². The summed E-state index contributed by atoms with van der Waals surface area (Å²) in [6.07, 6.45) is 0.573. The number of carbonyl (C=O) groups excluding carboxylic acids is 2. The number of nitrogens with one attached hydrogen (secondary N) is 1. The molecule has 0 radical (unpaired) electrons. The van der Waals surface area contributed by atoms with E-state index in [1.54, 1.807) is 12.1 Å². The predicted molar refractivity (Wildman–Crippen MR) is 151 cm³/mol. The van der Waals surface area contributed by atoms with Gasteiger partial charge in [-0.25, -0.2) is 23.0 Å². The van der Waals surface area contributed by atoms with Crippen LogP contribution in [0.1, 0.15) is 56.1 Å². The molecule has 1 fully saturated rings. The van der Waals surface area contributed by atoms with E-state index >= 15 is 0 Å². The first-order valence-corrected chi connectivity index (χ1v) is 13.9. The Morgan fingerprint density at radius 3 is 2.13 bits per heavy atom. The van der Waals surface area contributed by atoms with E-state index in [4.69, 9.17) is 25.1 Å². The molecular formula is C30H35F6N3O6. The molecule has 3 rings (SSSR count). The highest BCUT2D eigenvalue weighted by Crippen LogP contribution is 2.29. The van der Waals surface area contributed by atoms with E-state index in [-0.39, 0.29) is 29.7 Å². The van der Waals surface area contributed by atoms with Crippen molar-refractivity contribution in [2.45, 2.75) is 70.0 Å². The summed E-state index contributed by atoms with van der Waals surface area (Å²) < 4.78 is 83.7. The lowest BCUT2D eigenvalue weighted by Gasteiger charge is -2.24. The number of hydrogen-bond acceptors (Lipinski definition) is 6. The van der Waals surface area contributed by atoms with Crippen LogP contribution in [-0.2, 0) is 27.2 Å². The molecule has 1 aliphatic carbocycles. The minimum atomic E-state index is -5.08. The zero-order valence-corrected chi connectivity index (χ0v) is 24.7. The number of carbonyl (C=O) groups is 3. The number of carboxylic acids is 1. The number of Topliss-reactive ketones (excluding diaryl/α,β-unsaturated/α-hetero) is 1. The molecule has 1 amide bonds. The van der Waals surface area contributed by atoms with Gasteiger partial charge in [-0.1, -0.05) is 38.2 Å². The van der Waals surface area contributed by atoms with Crippen molar-refractivity contribution in [1.82, 2.24) is 5.32 Å². The largest absolute Gasteiger partial charge is 0.497 e. The summed E-state index contributed by atoms with van der Waals surface area (Å²) in [5.74, 6) is -5.91. The first-order chi connectivity index (χ1) is 21.1. The molecule has 15 heteroatoms. The fourth-order valence-electron chi connectivity index (χ4n) is 4.70. The second kappa shape index (κ2) is 17.3. The minimum absolute atomic E-state index is 0.00613. The van der Waals surface area contributed by atoms with E-state index in [2.05, 4.69) is 10.3 Å². The van der Waals surface area contributed by atoms with Gasteiger partial charge in [0.2, 0.25) is 5.91 Å². The van der Waals surface area contributed by atoms with E-state index < -0.39 is 53.5 Å². The van der Waals surface area contributed by atoms with Crippen LogP contribution < -0.4 is 20.5 Å². The number of ketones is 1. The third-order valence-electron chi connectivity index (χ3n) is 7.02. The molecule has 0 heterocycles. The fourth-order valence-corrected chi connectivity index (χ4v) is 4.70. The van der Waals surface area contributed by atoms with Gasteiger partial charge in [0.05, 0.1) is 20.6 Å². The van der Waals surface area contributed by atoms with Gasteiger partial charge in [-0.05, 0) is 36.5 Å². The van der Waals surface area contributed by atoms with Crippen LogP contribution in [0.4, 0.5) is 26.3 Å². The molecule has 0 bridgehead atoms. The molecule has 45 heavy (non-hydrogen) atoms. The number of hydrogen-bond donors (Lipinski definition) is 3. The van der Waals surface area contributed by atoms with Crippen molar-refractivity contribution in [3.05, 3.63) is 58.9 Å². The second-order valence-electron chi connectivity index (χ2n) is 10.3. The summed E-state index contributed by atoms with van der Waals surface area (Å²) in [6, 6.07) is 5.62. The van der Waals surface area contributed by atoms with Crippen molar-refractivity contribution in [2.24, 2.45) is 16.6 Å². The summed E-state index contributed by atoms with van der Waals surface area (Å²) in [6.45, 7) is 0. The highest BCUT2D eigenvalue weighted by atomic mass is 19.4. The number of amides is 1. The minimum Gasteiger partial charge on any atom is -0.497 e.